The molecule has 1 aromatic rings. The molecule has 6 heteroatoms. The number of nitrogens with zero attached hydrogens (tertiary/aromatic N) is 3. The summed E-state index contributed by atoms with van der Waals surface area (Å²) in [5.74, 6) is 0.990. The van der Waals surface area contributed by atoms with Crippen LogP contribution < -0.4 is 5.73 Å². The Kier molecular flexibility index (Phi) is 4.89. The van der Waals surface area contributed by atoms with Crippen LogP contribution in [0.15, 0.2) is 6.07 Å². The average molecular weight is 278 g/mol. The van der Waals surface area contributed by atoms with E-state index < -0.39 is 0 Å². The Morgan fingerprint density at radius 3 is 3.00 bits per heavy atom. The number of hydrogen-bond acceptors (Lipinski definition) is 6. The van der Waals surface area contributed by atoms with Crippen molar-refractivity contribution in [1.82, 2.24) is 14.9 Å². The van der Waals surface area contributed by atoms with Crippen molar-refractivity contribution < 1.29 is 9.53 Å². The first-order valence-corrected chi connectivity index (χ1v) is 7.11. The molecule has 0 saturated carbocycles. The highest BCUT2D eigenvalue weighted by atomic mass is 16.5. The van der Waals surface area contributed by atoms with E-state index in [1.54, 1.807) is 6.07 Å². The first kappa shape index (κ1) is 14.7. The number of ether oxygens (including phenoxy) is 1. The predicted octanol–water partition coefficient (Wildman–Crippen LogP) is 1.28. The fourth-order valence-electron chi connectivity index (χ4n) is 2.59. The number of hydrogen-bond donors (Lipinski definition) is 1. The third-order valence-electron chi connectivity index (χ3n) is 3.44. The molecule has 6 nitrogen and oxygen atoms in total. The van der Waals surface area contributed by atoms with E-state index in [1.165, 1.54) is 0 Å². The lowest BCUT2D eigenvalue weighted by Gasteiger charge is -2.33. The van der Waals surface area contributed by atoms with Gasteiger partial charge in [0, 0.05) is 11.8 Å². The van der Waals surface area contributed by atoms with Gasteiger partial charge in [0.1, 0.15) is 17.7 Å². The van der Waals surface area contributed by atoms with Gasteiger partial charge in [-0.3, -0.25) is 9.69 Å². The summed E-state index contributed by atoms with van der Waals surface area (Å²) in [4.78, 5) is 22.7. The Hall–Kier alpha value is -1.69. The minimum absolute atomic E-state index is 0.146. The maximum absolute atomic E-state index is 12.0. The van der Waals surface area contributed by atoms with Crippen LogP contribution in [0.5, 0.6) is 0 Å². The molecular weight excluding hydrogens is 256 g/mol. The average Bonchev–Trinajstić information content (AvgIpc) is 2.38. The number of carbonyl (C=O) groups is 1. The molecular formula is C14H22N4O2. The second-order valence-corrected chi connectivity index (χ2v) is 5.08. The Bertz CT molecular complexity index is 458. The van der Waals surface area contributed by atoms with Crippen LogP contribution in [0, 0.1) is 6.92 Å². The quantitative estimate of drug-likeness (QED) is 0.836. The van der Waals surface area contributed by atoms with Crippen molar-refractivity contribution in [3.63, 3.8) is 0 Å². The highest BCUT2D eigenvalue weighted by Crippen LogP contribution is 2.20. The number of nitrogen functional groups attached to an aromatic ring is 1. The zero-order valence-electron chi connectivity index (χ0n) is 12.1. The van der Waals surface area contributed by atoms with Gasteiger partial charge >= 0.3 is 5.97 Å². The van der Waals surface area contributed by atoms with Crippen LogP contribution in [0.25, 0.3) is 0 Å². The van der Waals surface area contributed by atoms with Gasteiger partial charge in [-0.25, -0.2) is 9.97 Å². The summed E-state index contributed by atoms with van der Waals surface area (Å²) in [6, 6.07) is 1.55. The van der Waals surface area contributed by atoms with E-state index in [-0.39, 0.29) is 12.0 Å². The Morgan fingerprint density at radius 1 is 1.50 bits per heavy atom. The van der Waals surface area contributed by atoms with Crippen molar-refractivity contribution in [1.29, 1.82) is 0 Å². The number of likely N-dealkylation sites (tertiary alicyclic amines) is 1. The molecule has 1 aliphatic heterocycles. The van der Waals surface area contributed by atoms with Crippen LogP contribution in [0.4, 0.5) is 5.82 Å². The van der Waals surface area contributed by atoms with Crippen LogP contribution >= 0.6 is 0 Å². The second-order valence-electron chi connectivity index (χ2n) is 5.08. The minimum atomic E-state index is -0.186. The molecule has 1 saturated heterocycles. The van der Waals surface area contributed by atoms with Crippen LogP contribution in [0.1, 0.15) is 37.7 Å². The summed E-state index contributed by atoms with van der Waals surface area (Å²) in [5, 5.41) is 0. The number of aromatic nitrogens is 2. The van der Waals surface area contributed by atoms with E-state index in [9.17, 15) is 4.79 Å². The first-order chi connectivity index (χ1) is 9.60. The molecule has 0 aliphatic carbocycles. The van der Waals surface area contributed by atoms with Gasteiger partial charge in [0.2, 0.25) is 0 Å². The molecule has 2 rings (SSSR count). The van der Waals surface area contributed by atoms with Gasteiger partial charge in [0.15, 0.2) is 0 Å². The van der Waals surface area contributed by atoms with Crippen molar-refractivity contribution in [2.24, 2.45) is 0 Å². The summed E-state index contributed by atoms with van der Waals surface area (Å²) in [6.45, 7) is 5.53. The SMILES string of the molecule is CCOC(=O)C1CCCCN1Cc1nc(C)cc(N)n1. The molecule has 1 unspecified atom stereocenters. The summed E-state index contributed by atoms with van der Waals surface area (Å²) in [7, 11) is 0. The molecule has 110 valence electrons. The molecule has 0 spiro atoms. The molecule has 1 aliphatic rings. The van der Waals surface area contributed by atoms with Gasteiger partial charge in [0.05, 0.1) is 13.2 Å². The van der Waals surface area contributed by atoms with Gasteiger partial charge in [-0.15, -0.1) is 0 Å². The third-order valence-corrected chi connectivity index (χ3v) is 3.44. The number of rotatable bonds is 4. The number of carbonyl (C=O) groups excluding carboxylic acids is 1. The Labute approximate surface area is 119 Å². The number of anilines is 1. The molecule has 0 amide bonds. The maximum atomic E-state index is 12.0. The van der Waals surface area contributed by atoms with E-state index in [0.717, 1.165) is 31.5 Å². The van der Waals surface area contributed by atoms with Crippen LogP contribution in [0.3, 0.4) is 0 Å². The van der Waals surface area contributed by atoms with Crippen molar-refractivity contribution >= 4 is 11.8 Å². The molecule has 0 radical (unpaired) electrons. The second kappa shape index (κ2) is 6.65. The van der Waals surface area contributed by atoms with Gasteiger partial charge in [0.25, 0.3) is 0 Å². The summed E-state index contributed by atoms with van der Waals surface area (Å²) in [5.41, 5.74) is 6.59. The van der Waals surface area contributed by atoms with Crippen molar-refractivity contribution in [2.45, 2.75) is 45.7 Å². The summed E-state index contributed by atoms with van der Waals surface area (Å²) in [6.07, 6.45) is 2.97. The fourth-order valence-corrected chi connectivity index (χ4v) is 2.59. The van der Waals surface area contributed by atoms with Crippen molar-refractivity contribution in [2.75, 3.05) is 18.9 Å². The molecule has 0 bridgehead atoms. The van der Waals surface area contributed by atoms with Crippen LogP contribution in [-0.2, 0) is 16.1 Å². The highest BCUT2D eigenvalue weighted by molar-refractivity contribution is 5.75. The standard InChI is InChI=1S/C14H22N4O2/c1-3-20-14(19)11-6-4-5-7-18(11)9-13-16-10(2)8-12(15)17-13/h8,11H,3-7,9H2,1-2H3,(H2,15,16,17). The topological polar surface area (TPSA) is 81.3 Å². The van der Waals surface area contributed by atoms with Gasteiger partial charge < -0.3 is 10.5 Å². The van der Waals surface area contributed by atoms with Gasteiger partial charge in [-0.2, -0.15) is 0 Å². The number of nitrogens with two attached hydrogens (primary N) is 1. The molecule has 1 atom stereocenters. The van der Waals surface area contributed by atoms with E-state index in [2.05, 4.69) is 14.9 Å². The van der Waals surface area contributed by atoms with E-state index in [1.807, 2.05) is 13.8 Å². The lowest BCUT2D eigenvalue weighted by atomic mass is 10.0. The van der Waals surface area contributed by atoms with Crippen LogP contribution in [-0.4, -0.2) is 40.0 Å². The number of esters is 1. The zero-order valence-corrected chi connectivity index (χ0v) is 12.1. The van der Waals surface area contributed by atoms with Crippen molar-refractivity contribution in [3.8, 4) is 0 Å². The molecule has 20 heavy (non-hydrogen) atoms. The monoisotopic (exact) mass is 278 g/mol. The van der Waals surface area contributed by atoms with Gasteiger partial charge in [-0.1, -0.05) is 6.42 Å². The smallest absolute Gasteiger partial charge is 0.323 e. The first-order valence-electron chi connectivity index (χ1n) is 7.11. The van der Waals surface area contributed by atoms with E-state index in [0.29, 0.717) is 24.8 Å². The lowest BCUT2D eigenvalue weighted by molar-refractivity contribution is -0.151. The predicted molar refractivity (Wildman–Crippen MR) is 75.9 cm³/mol. The number of piperidine rings is 1. The zero-order chi connectivity index (χ0) is 14.5. The maximum Gasteiger partial charge on any atom is 0.323 e. The number of aryl methyl sites for hydroxylation is 1. The van der Waals surface area contributed by atoms with Crippen molar-refractivity contribution in [3.05, 3.63) is 17.6 Å². The van der Waals surface area contributed by atoms with Gasteiger partial charge in [-0.05, 0) is 33.2 Å². The molecule has 1 aromatic heterocycles. The molecule has 2 N–H and O–H groups in total. The molecule has 1 fully saturated rings. The molecule has 0 aromatic carbocycles. The highest BCUT2D eigenvalue weighted by Gasteiger charge is 2.30. The summed E-state index contributed by atoms with van der Waals surface area (Å²) < 4.78 is 5.15. The lowest BCUT2D eigenvalue weighted by Crippen LogP contribution is -2.45. The molecule has 2 heterocycles. The third kappa shape index (κ3) is 3.66. The van der Waals surface area contributed by atoms with E-state index in [4.69, 9.17) is 10.5 Å². The Morgan fingerprint density at radius 2 is 2.30 bits per heavy atom. The normalized spacial score (nSPS) is 19.8. The largest absolute Gasteiger partial charge is 0.465 e. The summed E-state index contributed by atoms with van der Waals surface area (Å²) >= 11 is 0. The Balaban J connectivity index is 2.10. The van der Waals surface area contributed by atoms with Crippen LogP contribution in [0.2, 0.25) is 0 Å². The van der Waals surface area contributed by atoms with E-state index >= 15 is 0 Å². The fraction of sp³-hybridized carbons (Fsp3) is 0.643. The minimum Gasteiger partial charge on any atom is -0.465 e.